The van der Waals surface area contributed by atoms with Crippen LogP contribution in [0.3, 0.4) is 0 Å². The first-order valence-corrected chi connectivity index (χ1v) is 12.0. The van der Waals surface area contributed by atoms with Gasteiger partial charge in [0.15, 0.2) is 5.82 Å². The van der Waals surface area contributed by atoms with Gasteiger partial charge in [-0.1, -0.05) is 13.8 Å². The quantitative estimate of drug-likeness (QED) is 0.422. The van der Waals surface area contributed by atoms with E-state index in [9.17, 15) is 18.0 Å². The topological polar surface area (TPSA) is 114 Å². The maximum Gasteiger partial charge on any atom is 0.418 e. The first-order chi connectivity index (χ1) is 17.7. The third-order valence-corrected chi connectivity index (χ3v) is 7.11. The summed E-state index contributed by atoms with van der Waals surface area (Å²) >= 11 is 0. The first kappa shape index (κ1) is 23.4. The number of alkyl halides is 3. The fourth-order valence-electron chi connectivity index (χ4n) is 5.60. The summed E-state index contributed by atoms with van der Waals surface area (Å²) in [7, 11) is 0. The van der Waals surface area contributed by atoms with Gasteiger partial charge < -0.3 is 9.32 Å². The molecular weight excluding hydrogens is 489 g/mol. The number of amides is 2. The summed E-state index contributed by atoms with van der Waals surface area (Å²) in [6.45, 7) is 4.01. The van der Waals surface area contributed by atoms with E-state index >= 15 is 0 Å². The van der Waals surface area contributed by atoms with E-state index in [4.69, 9.17) is 4.42 Å². The second-order valence-corrected chi connectivity index (χ2v) is 9.66. The number of likely N-dealkylation sites (tertiary alicyclic amines) is 1. The lowest BCUT2D eigenvalue weighted by molar-refractivity contribution is -0.137. The Balaban J connectivity index is 1.34. The summed E-state index contributed by atoms with van der Waals surface area (Å²) in [4.78, 5) is 23.1. The van der Waals surface area contributed by atoms with Crippen LogP contribution in [0.1, 0.15) is 50.5 Å². The molecule has 6 rings (SSSR count). The zero-order valence-electron chi connectivity index (χ0n) is 20.0. The van der Waals surface area contributed by atoms with Crippen LogP contribution in [0.15, 0.2) is 41.2 Å². The predicted molar refractivity (Wildman–Crippen MR) is 124 cm³/mol. The zero-order chi connectivity index (χ0) is 25.9. The Morgan fingerprint density at radius 1 is 1.24 bits per heavy atom. The van der Waals surface area contributed by atoms with Gasteiger partial charge in [0.05, 0.1) is 17.3 Å². The molecule has 37 heavy (non-hydrogen) atoms. The molecule has 13 heteroatoms. The van der Waals surface area contributed by atoms with Crippen LogP contribution in [-0.2, 0) is 18.1 Å². The number of aryl methyl sites for hydroxylation is 1. The van der Waals surface area contributed by atoms with Crippen molar-refractivity contribution in [2.75, 3.05) is 5.32 Å². The Labute approximate surface area is 208 Å². The van der Waals surface area contributed by atoms with Gasteiger partial charge in [-0.3, -0.25) is 5.32 Å². The number of piperidine rings is 1. The summed E-state index contributed by atoms with van der Waals surface area (Å²) in [6, 6.07) is 4.07. The molecule has 1 saturated carbocycles. The standard InChI is InChI=1S/C24H23F3N8O2/c1-3-19-31-32-21(37-19)23-9-13(2)7-15(10-23)35(23)22(36)30-18-8-16(17(12-28-18)24(25,26)27)20-29-11-14-5-4-6-34(14)33-20/h4-6,8,11-13,15H,3,7,9-10H2,1-2H3,(H,28,30,36)/t13-,15-,23?/m1/s1. The van der Waals surface area contributed by atoms with E-state index in [1.165, 1.54) is 10.7 Å². The molecule has 2 fully saturated rings. The van der Waals surface area contributed by atoms with Crippen LogP contribution in [0.5, 0.6) is 0 Å². The van der Waals surface area contributed by atoms with Gasteiger partial charge in [0.25, 0.3) is 0 Å². The van der Waals surface area contributed by atoms with E-state index in [0.29, 0.717) is 48.7 Å². The molecule has 1 saturated heterocycles. The highest BCUT2D eigenvalue weighted by Gasteiger charge is 2.62. The Morgan fingerprint density at radius 2 is 2.08 bits per heavy atom. The number of nitrogens with one attached hydrogen (secondary N) is 1. The molecule has 1 aliphatic heterocycles. The maximum absolute atomic E-state index is 13.8. The molecule has 0 spiro atoms. The van der Waals surface area contributed by atoms with Crippen LogP contribution < -0.4 is 5.32 Å². The number of hydrogen-bond acceptors (Lipinski definition) is 7. The molecule has 5 heterocycles. The van der Waals surface area contributed by atoms with Crippen molar-refractivity contribution in [1.29, 1.82) is 0 Å². The highest BCUT2D eigenvalue weighted by atomic mass is 19.4. The van der Waals surface area contributed by atoms with E-state index in [-0.39, 0.29) is 23.2 Å². The van der Waals surface area contributed by atoms with Crippen molar-refractivity contribution in [2.24, 2.45) is 5.92 Å². The molecule has 2 aliphatic rings. The smallest absolute Gasteiger partial charge is 0.418 e. The normalized spacial score (nSPS) is 23.2. The summed E-state index contributed by atoms with van der Waals surface area (Å²) in [6.07, 6.45) is 1.76. The van der Waals surface area contributed by atoms with Crippen LogP contribution in [0.25, 0.3) is 16.9 Å². The van der Waals surface area contributed by atoms with Crippen molar-refractivity contribution >= 4 is 17.4 Å². The Kier molecular flexibility index (Phi) is 5.21. The third kappa shape index (κ3) is 3.80. The molecule has 2 bridgehead atoms. The van der Waals surface area contributed by atoms with Gasteiger partial charge in [-0.25, -0.2) is 19.3 Å². The molecular formula is C24H23F3N8O2. The van der Waals surface area contributed by atoms with Gasteiger partial charge in [-0.05, 0) is 37.0 Å². The van der Waals surface area contributed by atoms with E-state index in [1.54, 1.807) is 23.2 Å². The predicted octanol–water partition coefficient (Wildman–Crippen LogP) is 4.69. The summed E-state index contributed by atoms with van der Waals surface area (Å²) in [5, 5.41) is 15.2. The first-order valence-electron chi connectivity index (χ1n) is 12.0. The largest absolute Gasteiger partial charge is 0.423 e. The van der Waals surface area contributed by atoms with Crippen molar-refractivity contribution < 1.29 is 22.4 Å². The fourth-order valence-corrected chi connectivity index (χ4v) is 5.60. The molecule has 1 aliphatic carbocycles. The van der Waals surface area contributed by atoms with Crippen molar-refractivity contribution in [3.8, 4) is 11.4 Å². The average Bonchev–Trinajstić information content (AvgIpc) is 3.52. The minimum Gasteiger partial charge on any atom is -0.423 e. The maximum atomic E-state index is 13.8. The van der Waals surface area contributed by atoms with E-state index < -0.39 is 23.3 Å². The highest BCUT2D eigenvalue weighted by molar-refractivity contribution is 5.90. The van der Waals surface area contributed by atoms with Crippen LogP contribution in [-0.4, -0.2) is 46.8 Å². The molecule has 4 aromatic heterocycles. The molecule has 4 aromatic rings. The molecule has 2 amide bonds. The van der Waals surface area contributed by atoms with Crippen molar-refractivity contribution in [2.45, 2.75) is 57.3 Å². The lowest BCUT2D eigenvalue weighted by atomic mass is 9.64. The van der Waals surface area contributed by atoms with Crippen LogP contribution in [0, 0.1) is 5.92 Å². The molecule has 192 valence electrons. The number of nitrogens with zero attached hydrogens (tertiary/aromatic N) is 7. The summed E-state index contributed by atoms with van der Waals surface area (Å²) in [5.41, 5.74) is -1.40. The van der Waals surface area contributed by atoms with Gasteiger partial charge in [-0.2, -0.15) is 13.2 Å². The summed E-state index contributed by atoms with van der Waals surface area (Å²) < 4.78 is 48.7. The molecule has 3 atom stereocenters. The van der Waals surface area contributed by atoms with Gasteiger partial charge in [0.1, 0.15) is 11.4 Å². The lowest BCUT2D eigenvalue weighted by Gasteiger charge is -2.61. The summed E-state index contributed by atoms with van der Waals surface area (Å²) in [5.74, 6) is 1.03. The number of rotatable bonds is 4. The second kappa shape index (κ2) is 8.25. The van der Waals surface area contributed by atoms with Crippen molar-refractivity contribution in [3.05, 3.63) is 54.1 Å². The molecule has 0 aromatic carbocycles. The number of aromatic nitrogens is 6. The minimum absolute atomic E-state index is 0.0443. The van der Waals surface area contributed by atoms with Gasteiger partial charge in [-0.15, -0.1) is 15.3 Å². The Bertz CT molecular complexity index is 1500. The van der Waals surface area contributed by atoms with E-state index in [2.05, 4.69) is 37.5 Å². The second-order valence-electron chi connectivity index (χ2n) is 9.66. The van der Waals surface area contributed by atoms with E-state index in [0.717, 1.165) is 12.5 Å². The average molecular weight is 512 g/mol. The number of hydrogen-bond donors (Lipinski definition) is 1. The number of carbonyl (C=O) groups is 1. The SMILES string of the molecule is CCc1nnc(C23C[C@H](C)C[C@H](C2)N3C(=O)Nc2cc(-c3ncc4cccn4n3)c(C(F)(F)F)cn2)o1. The Morgan fingerprint density at radius 3 is 2.84 bits per heavy atom. The van der Waals surface area contributed by atoms with Gasteiger partial charge >= 0.3 is 12.2 Å². The molecule has 0 radical (unpaired) electrons. The highest BCUT2D eigenvalue weighted by Crippen LogP contribution is 2.55. The molecule has 1 N–H and O–H groups in total. The number of pyridine rings is 1. The molecule has 1 unspecified atom stereocenters. The number of fused-ring (bicyclic) bond motifs is 3. The number of halogens is 3. The number of carbonyl (C=O) groups excluding carboxylic acids is 1. The van der Waals surface area contributed by atoms with Crippen LogP contribution >= 0.6 is 0 Å². The lowest BCUT2D eigenvalue weighted by Crippen LogP contribution is -2.70. The Hall–Kier alpha value is -4.03. The number of anilines is 1. The number of urea groups is 1. The fraction of sp³-hybridized carbons (Fsp3) is 0.417. The third-order valence-electron chi connectivity index (χ3n) is 7.11. The van der Waals surface area contributed by atoms with Crippen LogP contribution in [0.4, 0.5) is 23.8 Å². The zero-order valence-corrected chi connectivity index (χ0v) is 20.0. The van der Waals surface area contributed by atoms with Gasteiger partial charge in [0, 0.05) is 36.8 Å². The minimum atomic E-state index is -4.69. The van der Waals surface area contributed by atoms with Crippen molar-refractivity contribution in [1.82, 2.24) is 34.7 Å². The molecule has 10 nitrogen and oxygen atoms in total. The van der Waals surface area contributed by atoms with Crippen LogP contribution in [0.2, 0.25) is 0 Å². The van der Waals surface area contributed by atoms with Crippen molar-refractivity contribution in [3.63, 3.8) is 0 Å². The van der Waals surface area contributed by atoms with Gasteiger partial charge in [0.2, 0.25) is 11.8 Å². The van der Waals surface area contributed by atoms with E-state index in [1.807, 2.05) is 6.92 Å². The monoisotopic (exact) mass is 512 g/mol.